The van der Waals surface area contributed by atoms with Gasteiger partial charge < -0.3 is 25.8 Å². The second-order valence-electron chi connectivity index (χ2n) is 5.76. The first-order valence-electron chi connectivity index (χ1n) is 9.23. The topological polar surface area (TPSA) is 98.0 Å². The van der Waals surface area contributed by atoms with Gasteiger partial charge in [-0.05, 0) is 31.0 Å². The number of halogens is 1. The van der Waals surface area contributed by atoms with Crippen LogP contribution in [-0.2, 0) is 16.0 Å². The first-order chi connectivity index (χ1) is 12.7. The van der Waals surface area contributed by atoms with E-state index in [2.05, 4.69) is 22.5 Å². The number of rotatable bonds is 13. The molecule has 0 spiro atoms. The zero-order chi connectivity index (χ0) is 19.0. The van der Waals surface area contributed by atoms with Crippen molar-refractivity contribution < 1.29 is 14.3 Å². The van der Waals surface area contributed by atoms with E-state index in [1.54, 1.807) is 12.1 Å². The summed E-state index contributed by atoms with van der Waals surface area (Å²) in [5, 5.41) is 6.42. The van der Waals surface area contributed by atoms with Crippen molar-refractivity contribution in [2.45, 2.75) is 33.2 Å². The third-order valence-corrected chi connectivity index (χ3v) is 3.56. The fourth-order valence-electron chi connectivity index (χ4n) is 2.10. The fraction of sp³-hybridized carbons (Fsp3) is 0.579. The molecule has 154 valence electrons. The number of nitrogens with zero attached hydrogens (tertiary/aromatic N) is 1. The van der Waals surface area contributed by atoms with Crippen LogP contribution in [0.25, 0.3) is 0 Å². The Kier molecular flexibility index (Phi) is 15.9. The molecule has 27 heavy (non-hydrogen) atoms. The number of amides is 1. The number of hydrogen-bond acceptors (Lipinski definition) is 4. The lowest BCUT2D eigenvalue weighted by Gasteiger charge is -2.12. The molecule has 0 bridgehead atoms. The van der Waals surface area contributed by atoms with Gasteiger partial charge in [0.15, 0.2) is 5.96 Å². The van der Waals surface area contributed by atoms with Gasteiger partial charge in [0.05, 0.1) is 26.4 Å². The SMILES string of the molecule is CCCCOCCOCCNC(=NCc1ccc(C(N)=O)cc1)NCC.I. The molecular weight excluding hydrogens is 459 g/mol. The lowest BCUT2D eigenvalue weighted by molar-refractivity contribution is 0.0487. The van der Waals surface area contributed by atoms with Crippen molar-refractivity contribution in [1.29, 1.82) is 0 Å². The Hall–Kier alpha value is -1.39. The lowest BCUT2D eigenvalue weighted by atomic mass is 10.1. The van der Waals surface area contributed by atoms with Gasteiger partial charge in [0.25, 0.3) is 0 Å². The maximum atomic E-state index is 11.1. The standard InChI is InChI=1S/C19H32N4O3.HI/c1-3-5-11-25-13-14-26-12-10-22-19(21-4-2)23-15-16-6-8-17(9-7-16)18(20)24;/h6-9H,3-5,10-15H2,1-2H3,(H2,20,24)(H2,21,22,23);1H. The largest absolute Gasteiger partial charge is 0.379 e. The van der Waals surface area contributed by atoms with E-state index in [9.17, 15) is 4.79 Å². The summed E-state index contributed by atoms with van der Waals surface area (Å²) in [6.07, 6.45) is 2.24. The average molecular weight is 492 g/mol. The van der Waals surface area contributed by atoms with Gasteiger partial charge in [0.1, 0.15) is 0 Å². The Morgan fingerprint density at radius 3 is 2.30 bits per heavy atom. The lowest BCUT2D eigenvalue weighted by Crippen LogP contribution is -2.39. The molecule has 0 radical (unpaired) electrons. The predicted octanol–water partition coefficient (Wildman–Crippen LogP) is 2.29. The molecular formula is C19H33IN4O3. The van der Waals surface area contributed by atoms with Gasteiger partial charge in [0, 0.05) is 25.3 Å². The number of hydrogen-bond donors (Lipinski definition) is 3. The summed E-state index contributed by atoms with van der Waals surface area (Å²) in [5.74, 6) is 0.306. The summed E-state index contributed by atoms with van der Waals surface area (Å²) in [7, 11) is 0. The fourth-order valence-corrected chi connectivity index (χ4v) is 2.10. The van der Waals surface area contributed by atoms with Gasteiger partial charge >= 0.3 is 0 Å². The van der Waals surface area contributed by atoms with Crippen molar-refractivity contribution in [1.82, 2.24) is 10.6 Å². The number of benzene rings is 1. The number of carbonyl (C=O) groups excluding carboxylic acids is 1. The second-order valence-corrected chi connectivity index (χ2v) is 5.76. The van der Waals surface area contributed by atoms with E-state index in [0.717, 1.165) is 37.5 Å². The Bertz CT molecular complexity index is 538. The molecule has 1 aromatic rings. The van der Waals surface area contributed by atoms with Gasteiger partial charge in [-0.25, -0.2) is 4.99 Å². The summed E-state index contributed by atoms with van der Waals surface area (Å²) < 4.78 is 11.0. The number of primary amides is 1. The summed E-state index contributed by atoms with van der Waals surface area (Å²) >= 11 is 0. The maximum absolute atomic E-state index is 11.1. The number of nitrogens with two attached hydrogens (primary N) is 1. The van der Waals surface area contributed by atoms with Gasteiger partial charge in [0.2, 0.25) is 5.91 Å². The highest BCUT2D eigenvalue weighted by Crippen LogP contribution is 2.05. The van der Waals surface area contributed by atoms with E-state index in [4.69, 9.17) is 15.2 Å². The van der Waals surface area contributed by atoms with Crippen LogP contribution >= 0.6 is 24.0 Å². The van der Waals surface area contributed by atoms with E-state index in [-0.39, 0.29) is 24.0 Å². The summed E-state index contributed by atoms with van der Waals surface area (Å²) in [4.78, 5) is 15.6. The molecule has 0 atom stereocenters. The summed E-state index contributed by atoms with van der Waals surface area (Å²) in [6.45, 7) is 8.75. The molecule has 0 aliphatic carbocycles. The molecule has 0 fully saturated rings. The van der Waals surface area contributed by atoms with Gasteiger partial charge in [-0.2, -0.15) is 0 Å². The molecule has 1 amide bonds. The van der Waals surface area contributed by atoms with Crippen molar-refractivity contribution in [3.05, 3.63) is 35.4 Å². The molecule has 0 unspecified atom stereocenters. The van der Waals surface area contributed by atoms with Crippen LogP contribution in [0.4, 0.5) is 0 Å². The third kappa shape index (κ3) is 12.6. The molecule has 0 saturated carbocycles. The maximum Gasteiger partial charge on any atom is 0.248 e. The molecule has 0 aromatic heterocycles. The van der Waals surface area contributed by atoms with Gasteiger partial charge in [-0.1, -0.05) is 25.5 Å². The van der Waals surface area contributed by atoms with E-state index >= 15 is 0 Å². The van der Waals surface area contributed by atoms with Gasteiger partial charge in [-0.3, -0.25) is 4.79 Å². The zero-order valence-corrected chi connectivity index (χ0v) is 18.7. The number of ether oxygens (including phenoxy) is 2. The first kappa shape index (κ1) is 25.6. The van der Waals surface area contributed by atoms with Crippen LogP contribution < -0.4 is 16.4 Å². The highest BCUT2D eigenvalue weighted by atomic mass is 127. The monoisotopic (exact) mass is 492 g/mol. The third-order valence-electron chi connectivity index (χ3n) is 3.56. The van der Waals surface area contributed by atoms with E-state index in [1.807, 2.05) is 19.1 Å². The van der Waals surface area contributed by atoms with E-state index in [0.29, 0.717) is 38.5 Å². The van der Waals surface area contributed by atoms with Crippen LogP contribution in [0.2, 0.25) is 0 Å². The Morgan fingerprint density at radius 1 is 1.04 bits per heavy atom. The minimum absolute atomic E-state index is 0. The van der Waals surface area contributed by atoms with Crippen molar-refractivity contribution >= 4 is 35.8 Å². The van der Waals surface area contributed by atoms with Crippen molar-refractivity contribution in [3.8, 4) is 0 Å². The first-order valence-corrected chi connectivity index (χ1v) is 9.23. The summed E-state index contributed by atoms with van der Waals surface area (Å²) in [6, 6.07) is 7.14. The second kappa shape index (κ2) is 16.8. The van der Waals surface area contributed by atoms with Crippen LogP contribution in [0, 0.1) is 0 Å². The zero-order valence-electron chi connectivity index (χ0n) is 16.3. The van der Waals surface area contributed by atoms with Gasteiger partial charge in [-0.15, -0.1) is 24.0 Å². The number of aliphatic imine (C=N–C) groups is 1. The van der Waals surface area contributed by atoms with Crippen molar-refractivity contribution in [2.75, 3.05) is 39.5 Å². The van der Waals surface area contributed by atoms with E-state index in [1.165, 1.54) is 0 Å². The highest BCUT2D eigenvalue weighted by molar-refractivity contribution is 14.0. The molecule has 4 N–H and O–H groups in total. The van der Waals surface area contributed by atoms with Crippen LogP contribution in [-0.4, -0.2) is 51.4 Å². The number of guanidine groups is 1. The Labute approximate surface area is 179 Å². The predicted molar refractivity (Wildman–Crippen MR) is 120 cm³/mol. The minimum Gasteiger partial charge on any atom is -0.379 e. The van der Waals surface area contributed by atoms with E-state index < -0.39 is 5.91 Å². The van der Waals surface area contributed by atoms with Crippen LogP contribution in [0.1, 0.15) is 42.6 Å². The molecule has 0 heterocycles. The number of carbonyl (C=O) groups is 1. The van der Waals surface area contributed by atoms with Crippen molar-refractivity contribution in [2.24, 2.45) is 10.7 Å². The molecule has 7 nitrogen and oxygen atoms in total. The average Bonchev–Trinajstić information content (AvgIpc) is 2.65. The molecule has 1 rings (SSSR count). The molecule has 1 aromatic carbocycles. The van der Waals surface area contributed by atoms with Crippen molar-refractivity contribution in [3.63, 3.8) is 0 Å². The summed E-state index contributed by atoms with van der Waals surface area (Å²) in [5.41, 5.74) is 6.74. The number of nitrogens with one attached hydrogen (secondary N) is 2. The highest BCUT2D eigenvalue weighted by Gasteiger charge is 2.01. The molecule has 0 saturated heterocycles. The Morgan fingerprint density at radius 2 is 1.70 bits per heavy atom. The van der Waals surface area contributed by atoms with Crippen LogP contribution in [0.3, 0.4) is 0 Å². The smallest absolute Gasteiger partial charge is 0.248 e. The molecule has 0 aliphatic heterocycles. The normalized spacial score (nSPS) is 11.0. The number of unbranched alkanes of at least 4 members (excludes halogenated alkanes) is 1. The van der Waals surface area contributed by atoms with Crippen LogP contribution in [0.15, 0.2) is 29.3 Å². The quantitative estimate of drug-likeness (QED) is 0.170. The molecule has 0 aliphatic rings. The molecule has 8 heteroatoms. The van der Waals surface area contributed by atoms with Crippen LogP contribution in [0.5, 0.6) is 0 Å². The minimum atomic E-state index is -0.425. The Balaban J connectivity index is 0.00000676.